The second kappa shape index (κ2) is 6.05. The molecule has 0 spiro atoms. The zero-order valence-corrected chi connectivity index (χ0v) is 7.83. The highest BCUT2D eigenvalue weighted by molar-refractivity contribution is 4.96. The molecule has 0 aliphatic heterocycles. The fraction of sp³-hybridized carbons (Fsp3) is 0.800. The van der Waals surface area contributed by atoms with E-state index in [0.29, 0.717) is 6.42 Å². The number of terminal acetylenes is 1. The van der Waals surface area contributed by atoms with E-state index in [0.717, 1.165) is 12.8 Å². The highest BCUT2D eigenvalue weighted by Crippen LogP contribution is 2.16. The van der Waals surface area contributed by atoms with Gasteiger partial charge >= 0.3 is 0 Å². The zero-order chi connectivity index (χ0) is 9.56. The molecule has 0 saturated heterocycles. The molecule has 0 radical (unpaired) electrons. The zero-order valence-electron chi connectivity index (χ0n) is 7.83. The van der Waals surface area contributed by atoms with Gasteiger partial charge in [0.05, 0.1) is 6.10 Å². The molecule has 3 atom stereocenters. The fourth-order valence-electron chi connectivity index (χ4n) is 1.18. The van der Waals surface area contributed by atoms with Crippen LogP contribution in [0.4, 0.5) is 0 Å². The van der Waals surface area contributed by atoms with Crippen molar-refractivity contribution in [2.24, 2.45) is 5.92 Å². The molecule has 0 aromatic heterocycles. The van der Waals surface area contributed by atoms with Gasteiger partial charge in [0.2, 0.25) is 0 Å². The summed E-state index contributed by atoms with van der Waals surface area (Å²) in [6.07, 6.45) is 6.49. The SMILES string of the molecule is C#CC(O)C(CC)CCC(C)O. The van der Waals surface area contributed by atoms with Crippen molar-refractivity contribution in [2.75, 3.05) is 0 Å². The molecular formula is C10H18O2. The number of hydrogen-bond acceptors (Lipinski definition) is 2. The minimum atomic E-state index is -0.659. The lowest BCUT2D eigenvalue weighted by atomic mass is 9.93. The summed E-state index contributed by atoms with van der Waals surface area (Å²) >= 11 is 0. The first-order valence-corrected chi connectivity index (χ1v) is 4.44. The number of rotatable bonds is 5. The van der Waals surface area contributed by atoms with Gasteiger partial charge in [-0.1, -0.05) is 12.8 Å². The van der Waals surface area contributed by atoms with E-state index in [1.54, 1.807) is 6.92 Å². The molecule has 0 heterocycles. The summed E-state index contributed by atoms with van der Waals surface area (Å²) in [6, 6.07) is 0. The van der Waals surface area contributed by atoms with Crippen molar-refractivity contribution in [1.82, 2.24) is 0 Å². The predicted octanol–water partition coefficient (Wildman–Crippen LogP) is 1.17. The topological polar surface area (TPSA) is 40.5 Å². The average Bonchev–Trinajstić information content (AvgIpc) is 2.04. The van der Waals surface area contributed by atoms with Gasteiger partial charge in [-0.3, -0.25) is 0 Å². The Kier molecular flexibility index (Phi) is 5.79. The van der Waals surface area contributed by atoms with Crippen LogP contribution in [-0.2, 0) is 0 Å². The van der Waals surface area contributed by atoms with Gasteiger partial charge in [0, 0.05) is 0 Å². The van der Waals surface area contributed by atoms with Crippen molar-refractivity contribution in [3.63, 3.8) is 0 Å². The van der Waals surface area contributed by atoms with Gasteiger partial charge in [-0.25, -0.2) is 0 Å². The molecule has 0 aliphatic carbocycles. The van der Waals surface area contributed by atoms with Crippen molar-refractivity contribution < 1.29 is 10.2 Å². The second-order valence-electron chi connectivity index (χ2n) is 3.21. The standard InChI is InChI=1S/C10H18O2/c1-4-9(10(12)5-2)7-6-8(3)11/h2,8-12H,4,6-7H2,1,3H3. The van der Waals surface area contributed by atoms with Crippen LogP contribution in [0.1, 0.15) is 33.1 Å². The summed E-state index contributed by atoms with van der Waals surface area (Å²) in [6.45, 7) is 3.74. The van der Waals surface area contributed by atoms with E-state index < -0.39 is 6.10 Å². The van der Waals surface area contributed by atoms with E-state index in [2.05, 4.69) is 5.92 Å². The third kappa shape index (κ3) is 4.38. The van der Waals surface area contributed by atoms with E-state index in [1.807, 2.05) is 6.92 Å². The molecule has 0 aliphatic rings. The largest absolute Gasteiger partial charge is 0.393 e. The summed E-state index contributed by atoms with van der Waals surface area (Å²) in [5, 5.41) is 18.3. The van der Waals surface area contributed by atoms with E-state index in [4.69, 9.17) is 11.5 Å². The highest BCUT2D eigenvalue weighted by atomic mass is 16.3. The van der Waals surface area contributed by atoms with Crippen molar-refractivity contribution in [1.29, 1.82) is 0 Å². The summed E-state index contributed by atoms with van der Waals surface area (Å²) in [7, 11) is 0. The maximum absolute atomic E-state index is 9.31. The Morgan fingerprint density at radius 1 is 1.33 bits per heavy atom. The van der Waals surface area contributed by atoms with Gasteiger partial charge in [0.25, 0.3) is 0 Å². The molecule has 12 heavy (non-hydrogen) atoms. The lowest BCUT2D eigenvalue weighted by Crippen LogP contribution is -2.19. The molecule has 0 fully saturated rings. The maximum atomic E-state index is 9.31. The fourth-order valence-corrected chi connectivity index (χ4v) is 1.18. The summed E-state index contributed by atoms with van der Waals surface area (Å²) in [4.78, 5) is 0. The lowest BCUT2D eigenvalue weighted by molar-refractivity contribution is 0.125. The summed E-state index contributed by atoms with van der Waals surface area (Å²) in [5.74, 6) is 2.44. The van der Waals surface area contributed by atoms with Crippen molar-refractivity contribution in [3.8, 4) is 12.3 Å². The predicted molar refractivity (Wildman–Crippen MR) is 49.5 cm³/mol. The first kappa shape index (κ1) is 11.5. The Hall–Kier alpha value is -0.520. The van der Waals surface area contributed by atoms with Crippen LogP contribution in [0.25, 0.3) is 0 Å². The van der Waals surface area contributed by atoms with Crippen LogP contribution in [0.3, 0.4) is 0 Å². The molecule has 2 nitrogen and oxygen atoms in total. The van der Waals surface area contributed by atoms with E-state index in [9.17, 15) is 5.11 Å². The van der Waals surface area contributed by atoms with Crippen LogP contribution < -0.4 is 0 Å². The minimum absolute atomic E-state index is 0.129. The quantitative estimate of drug-likeness (QED) is 0.608. The van der Waals surface area contributed by atoms with Crippen LogP contribution in [0.5, 0.6) is 0 Å². The Balaban J connectivity index is 3.77. The van der Waals surface area contributed by atoms with E-state index in [1.165, 1.54) is 0 Å². The molecule has 2 N–H and O–H groups in total. The third-order valence-corrected chi connectivity index (χ3v) is 2.10. The van der Waals surface area contributed by atoms with Crippen LogP contribution in [0.2, 0.25) is 0 Å². The van der Waals surface area contributed by atoms with Crippen molar-refractivity contribution in [2.45, 2.75) is 45.3 Å². The third-order valence-electron chi connectivity index (χ3n) is 2.10. The van der Waals surface area contributed by atoms with E-state index in [-0.39, 0.29) is 12.0 Å². The van der Waals surface area contributed by atoms with Gasteiger partial charge in [0.15, 0.2) is 0 Å². The smallest absolute Gasteiger partial charge is 0.117 e. The van der Waals surface area contributed by atoms with E-state index >= 15 is 0 Å². The number of hydrogen-bond donors (Lipinski definition) is 2. The number of aliphatic hydroxyl groups is 2. The summed E-state index contributed by atoms with van der Waals surface area (Å²) in [5.41, 5.74) is 0. The van der Waals surface area contributed by atoms with Gasteiger partial charge < -0.3 is 10.2 Å². The maximum Gasteiger partial charge on any atom is 0.117 e. The van der Waals surface area contributed by atoms with Crippen molar-refractivity contribution in [3.05, 3.63) is 0 Å². The molecule has 0 rings (SSSR count). The van der Waals surface area contributed by atoms with Gasteiger partial charge in [0.1, 0.15) is 6.10 Å². The monoisotopic (exact) mass is 170 g/mol. The Labute approximate surface area is 74.6 Å². The molecule has 3 unspecified atom stereocenters. The molecule has 0 saturated carbocycles. The Bertz CT molecular complexity index is 146. The van der Waals surface area contributed by atoms with Crippen molar-refractivity contribution >= 4 is 0 Å². The molecule has 0 bridgehead atoms. The van der Waals surface area contributed by atoms with Gasteiger partial charge in [-0.05, 0) is 32.1 Å². The first-order chi connectivity index (χ1) is 5.61. The first-order valence-electron chi connectivity index (χ1n) is 4.44. The normalized spacial score (nSPS) is 17.9. The molecule has 70 valence electrons. The second-order valence-corrected chi connectivity index (χ2v) is 3.21. The van der Waals surface area contributed by atoms with Crippen LogP contribution in [0, 0.1) is 18.3 Å². The molecular weight excluding hydrogens is 152 g/mol. The summed E-state index contributed by atoms with van der Waals surface area (Å²) < 4.78 is 0. The van der Waals surface area contributed by atoms with Crippen LogP contribution >= 0.6 is 0 Å². The lowest BCUT2D eigenvalue weighted by Gasteiger charge is -2.17. The molecule has 0 amide bonds. The molecule has 0 aromatic rings. The molecule has 2 heteroatoms. The minimum Gasteiger partial charge on any atom is -0.393 e. The van der Waals surface area contributed by atoms with Crippen LogP contribution in [-0.4, -0.2) is 22.4 Å². The number of aliphatic hydroxyl groups excluding tert-OH is 2. The Morgan fingerprint density at radius 2 is 1.92 bits per heavy atom. The Morgan fingerprint density at radius 3 is 2.25 bits per heavy atom. The van der Waals surface area contributed by atoms with Crippen LogP contribution in [0.15, 0.2) is 0 Å². The average molecular weight is 170 g/mol. The van der Waals surface area contributed by atoms with Gasteiger partial charge in [-0.2, -0.15) is 0 Å². The molecule has 0 aromatic carbocycles. The highest BCUT2D eigenvalue weighted by Gasteiger charge is 2.15. The van der Waals surface area contributed by atoms with Gasteiger partial charge in [-0.15, -0.1) is 6.42 Å².